The molecule has 0 fully saturated rings. The maximum Gasteiger partial charge on any atom is 0.268 e. The van der Waals surface area contributed by atoms with Crippen LogP contribution in [0.25, 0.3) is 0 Å². The van der Waals surface area contributed by atoms with Crippen molar-refractivity contribution >= 4 is 34.4 Å². The zero-order valence-corrected chi connectivity index (χ0v) is 12.2. The molecule has 1 atom stereocenters. The van der Waals surface area contributed by atoms with Crippen molar-refractivity contribution < 1.29 is 14.3 Å². The zero-order chi connectivity index (χ0) is 15.0. The van der Waals surface area contributed by atoms with E-state index in [2.05, 4.69) is 0 Å². The average Bonchev–Trinajstić information content (AvgIpc) is 2.98. The van der Waals surface area contributed by atoms with Gasteiger partial charge in [-0.2, -0.15) is 0 Å². The van der Waals surface area contributed by atoms with Gasteiger partial charge in [0.25, 0.3) is 5.91 Å². The number of anilines is 2. The Morgan fingerprint density at radius 2 is 2.19 bits per heavy atom. The van der Waals surface area contributed by atoms with Crippen LogP contribution in [0.3, 0.4) is 0 Å². The van der Waals surface area contributed by atoms with Crippen LogP contribution in [0.15, 0.2) is 35.7 Å². The highest BCUT2D eigenvalue weighted by molar-refractivity contribution is 7.12. The molecule has 0 saturated heterocycles. The summed E-state index contributed by atoms with van der Waals surface area (Å²) in [5.41, 5.74) is 6.85. The van der Waals surface area contributed by atoms with E-state index in [4.69, 9.17) is 10.5 Å². The Morgan fingerprint density at radius 1 is 1.38 bits per heavy atom. The molecule has 2 N–H and O–H groups in total. The Bertz CT molecular complexity index is 697. The molecule has 2 heterocycles. The molecule has 1 aliphatic rings. The van der Waals surface area contributed by atoms with E-state index in [1.807, 2.05) is 11.4 Å². The molecule has 0 bridgehead atoms. The molecule has 21 heavy (non-hydrogen) atoms. The number of nitrogens with zero attached hydrogens (tertiary/aromatic N) is 1. The third-order valence-electron chi connectivity index (χ3n) is 3.32. The van der Waals surface area contributed by atoms with E-state index < -0.39 is 6.10 Å². The highest BCUT2D eigenvalue weighted by Crippen LogP contribution is 2.38. The molecular weight excluding hydrogens is 288 g/mol. The Kier molecular flexibility index (Phi) is 3.39. The summed E-state index contributed by atoms with van der Waals surface area (Å²) in [7, 11) is 0. The molecule has 5 nitrogen and oxygen atoms in total. The summed E-state index contributed by atoms with van der Waals surface area (Å²) in [6.07, 6.45) is -0.629. The van der Waals surface area contributed by atoms with Crippen molar-refractivity contribution in [3.05, 3.63) is 40.6 Å². The Balaban J connectivity index is 1.97. The van der Waals surface area contributed by atoms with Crippen LogP contribution in [0.5, 0.6) is 5.75 Å². The summed E-state index contributed by atoms with van der Waals surface area (Å²) in [5, 5.41) is 1.83. The number of Topliss-reactive ketones (excluding diaryl/α,β-unsaturated/α-hetero) is 1. The first-order valence-electron chi connectivity index (χ1n) is 6.51. The fraction of sp³-hybridized carbons (Fsp3) is 0.200. The Morgan fingerprint density at radius 3 is 2.90 bits per heavy atom. The molecule has 6 heteroatoms. The van der Waals surface area contributed by atoms with E-state index in [1.165, 1.54) is 16.2 Å². The molecule has 0 saturated carbocycles. The number of thiophene rings is 1. The molecule has 0 spiro atoms. The second-order valence-corrected chi connectivity index (χ2v) is 5.73. The first kappa shape index (κ1) is 13.6. The van der Waals surface area contributed by atoms with Crippen LogP contribution in [0.4, 0.5) is 11.4 Å². The number of para-hydroxylation sites is 1. The minimum absolute atomic E-state index is 0.0335. The molecule has 1 aromatic carbocycles. The smallest absolute Gasteiger partial charge is 0.268 e. The van der Waals surface area contributed by atoms with Gasteiger partial charge in [-0.1, -0.05) is 12.1 Å². The third kappa shape index (κ3) is 2.38. The van der Waals surface area contributed by atoms with Gasteiger partial charge in [0, 0.05) is 0 Å². The van der Waals surface area contributed by atoms with Crippen molar-refractivity contribution in [1.82, 2.24) is 0 Å². The summed E-state index contributed by atoms with van der Waals surface area (Å²) in [6.45, 7) is 1.63. The molecule has 2 aromatic rings. The fourth-order valence-corrected chi connectivity index (χ4v) is 2.97. The number of benzene rings is 1. The number of nitrogen functional groups attached to an aromatic ring is 1. The molecule has 1 unspecified atom stereocenters. The lowest BCUT2D eigenvalue weighted by Gasteiger charge is -2.33. The average molecular weight is 302 g/mol. The maximum absolute atomic E-state index is 12.3. The highest BCUT2D eigenvalue weighted by Gasteiger charge is 2.34. The first-order valence-corrected chi connectivity index (χ1v) is 7.39. The molecule has 1 aromatic heterocycles. The molecule has 0 radical (unpaired) electrons. The van der Waals surface area contributed by atoms with E-state index in [1.54, 1.807) is 31.2 Å². The van der Waals surface area contributed by atoms with Crippen molar-refractivity contribution in [2.45, 2.75) is 13.0 Å². The van der Waals surface area contributed by atoms with Crippen molar-refractivity contribution in [3.63, 3.8) is 0 Å². The highest BCUT2D eigenvalue weighted by atomic mass is 32.1. The summed E-state index contributed by atoms with van der Waals surface area (Å²) in [6, 6.07) is 8.75. The van der Waals surface area contributed by atoms with E-state index in [9.17, 15) is 9.59 Å². The van der Waals surface area contributed by atoms with E-state index in [0.717, 1.165) is 0 Å². The van der Waals surface area contributed by atoms with Crippen LogP contribution >= 0.6 is 11.3 Å². The number of fused-ring (bicyclic) bond motifs is 1. The first-order chi connectivity index (χ1) is 10.1. The molecule has 1 amide bonds. The second-order valence-electron chi connectivity index (χ2n) is 4.78. The number of ketones is 1. The van der Waals surface area contributed by atoms with Gasteiger partial charge in [-0.3, -0.25) is 14.5 Å². The van der Waals surface area contributed by atoms with Gasteiger partial charge in [0.05, 0.1) is 17.1 Å². The number of amides is 1. The van der Waals surface area contributed by atoms with Crippen LogP contribution < -0.4 is 15.4 Å². The van der Waals surface area contributed by atoms with Crippen LogP contribution in [0.1, 0.15) is 16.6 Å². The predicted octanol–water partition coefficient (Wildman–Crippen LogP) is 2.33. The quantitative estimate of drug-likeness (QED) is 0.697. The van der Waals surface area contributed by atoms with Crippen molar-refractivity contribution in [1.29, 1.82) is 0 Å². The van der Waals surface area contributed by atoms with Crippen molar-refractivity contribution in [2.75, 3.05) is 17.2 Å². The van der Waals surface area contributed by atoms with Crippen molar-refractivity contribution in [3.8, 4) is 5.75 Å². The standard InChI is InChI=1S/C15H14N2O3S/c1-9-15(19)17(8-11(18)13-6-3-7-21-13)14-10(16)4-2-5-12(14)20-9/h2-7,9H,8,16H2,1H3. The van der Waals surface area contributed by atoms with Crippen molar-refractivity contribution in [2.24, 2.45) is 0 Å². The lowest BCUT2D eigenvalue weighted by molar-refractivity contribution is -0.125. The predicted molar refractivity (Wildman–Crippen MR) is 81.9 cm³/mol. The van der Waals surface area contributed by atoms with Gasteiger partial charge in [0.1, 0.15) is 11.4 Å². The van der Waals surface area contributed by atoms with Gasteiger partial charge in [-0.05, 0) is 30.5 Å². The van der Waals surface area contributed by atoms with Crippen LogP contribution in [0, 0.1) is 0 Å². The molecule has 1 aliphatic heterocycles. The lowest BCUT2D eigenvalue weighted by Crippen LogP contribution is -2.47. The monoisotopic (exact) mass is 302 g/mol. The second kappa shape index (κ2) is 5.21. The van der Waals surface area contributed by atoms with E-state index in [0.29, 0.717) is 22.0 Å². The maximum atomic E-state index is 12.3. The Hall–Kier alpha value is -2.34. The van der Waals surface area contributed by atoms with Crippen LogP contribution in [-0.2, 0) is 4.79 Å². The zero-order valence-electron chi connectivity index (χ0n) is 11.4. The Labute approximate surface area is 125 Å². The lowest BCUT2D eigenvalue weighted by atomic mass is 10.1. The number of ether oxygens (including phenoxy) is 1. The van der Waals surface area contributed by atoms with Crippen LogP contribution in [0.2, 0.25) is 0 Å². The summed E-state index contributed by atoms with van der Waals surface area (Å²) in [4.78, 5) is 26.7. The molecular formula is C15H14N2O3S. The largest absolute Gasteiger partial charge is 0.479 e. The number of carbonyl (C=O) groups excluding carboxylic acids is 2. The number of carbonyl (C=O) groups is 2. The SMILES string of the molecule is CC1Oc2cccc(N)c2N(CC(=O)c2cccs2)C1=O. The number of hydrogen-bond acceptors (Lipinski definition) is 5. The number of hydrogen-bond donors (Lipinski definition) is 1. The minimum atomic E-state index is -0.629. The summed E-state index contributed by atoms with van der Waals surface area (Å²) >= 11 is 1.36. The van der Waals surface area contributed by atoms with Crippen LogP contribution in [-0.4, -0.2) is 24.3 Å². The van der Waals surface area contributed by atoms with Gasteiger partial charge in [-0.15, -0.1) is 11.3 Å². The van der Waals surface area contributed by atoms with E-state index in [-0.39, 0.29) is 18.2 Å². The van der Waals surface area contributed by atoms with Gasteiger partial charge in [0.2, 0.25) is 0 Å². The number of rotatable bonds is 3. The van der Waals surface area contributed by atoms with Gasteiger partial charge < -0.3 is 10.5 Å². The minimum Gasteiger partial charge on any atom is -0.479 e. The van der Waals surface area contributed by atoms with Gasteiger partial charge in [0.15, 0.2) is 11.9 Å². The fourth-order valence-electron chi connectivity index (χ4n) is 2.31. The number of nitrogens with two attached hydrogens (primary N) is 1. The summed E-state index contributed by atoms with van der Waals surface area (Å²) in [5.74, 6) is 0.160. The topological polar surface area (TPSA) is 72.6 Å². The molecule has 0 aliphatic carbocycles. The van der Waals surface area contributed by atoms with Gasteiger partial charge in [-0.25, -0.2) is 0 Å². The van der Waals surface area contributed by atoms with Gasteiger partial charge >= 0.3 is 0 Å². The normalized spacial score (nSPS) is 17.3. The molecule has 3 rings (SSSR count). The molecule has 108 valence electrons. The summed E-state index contributed by atoms with van der Waals surface area (Å²) < 4.78 is 5.55. The van der Waals surface area contributed by atoms with E-state index >= 15 is 0 Å². The third-order valence-corrected chi connectivity index (χ3v) is 4.23.